The maximum atomic E-state index is 3.59. The number of nitrogens with one attached hydrogen (secondary N) is 1. The van der Waals surface area contributed by atoms with Gasteiger partial charge in [-0.2, -0.15) is 0 Å². The van der Waals surface area contributed by atoms with Crippen LogP contribution in [-0.4, -0.2) is 37.1 Å². The number of hydrogen-bond acceptors (Lipinski definition) is 2. The van der Waals surface area contributed by atoms with E-state index in [9.17, 15) is 0 Å². The molecule has 0 aromatic heterocycles. The second-order valence-corrected chi connectivity index (χ2v) is 6.32. The van der Waals surface area contributed by atoms with Gasteiger partial charge >= 0.3 is 0 Å². The van der Waals surface area contributed by atoms with E-state index >= 15 is 0 Å². The van der Waals surface area contributed by atoms with Gasteiger partial charge in [0.15, 0.2) is 0 Å². The summed E-state index contributed by atoms with van der Waals surface area (Å²) < 4.78 is 0. The Morgan fingerprint density at radius 3 is 2.28 bits per heavy atom. The molecule has 0 aromatic rings. The molecule has 0 bridgehead atoms. The third-order valence-corrected chi connectivity index (χ3v) is 5.25. The molecule has 0 saturated heterocycles. The third kappa shape index (κ3) is 3.71. The fourth-order valence-corrected chi connectivity index (χ4v) is 4.09. The highest BCUT2D eigenvalue weighted by Crippen LogP contribution is 2.28. The van der Waals surface area contributed by atoms with Gasteiger partial charge in [0.1, 0.15) is 0 Å². The molecule has 2 nitrogen and oxygen atoms in total. The van der Waals surface area contributed by atoms with Gasteiger partial charge in [-0.05, 0) is 45.2 Å². The Hall–Kier alpha value is -0.0800. The van der Waals surface area contributed by atoms with Gasteiger partial charge in [0, 0.05) is 18.6 Å². The first kappa shape index (κ1) is 14.3. The third-order valence-electron chi connectivity index (χ3n) is 5.25. The molecule has 0 heterocycles. The largest absolute Gasteiger partial charge is 0.317 e. The Bertz CT molecular complexity index is 223. The van der Waals surface area contributed by atoms with Crippen molar-refractivity contribution in [2.45, 2.75) is 76.8 Å². The van der Waals surface area contributed by atoms with Gasteiger partial charge in [-0.1, -0.05) is 39.0 Å². The summed E-state index contributed by atoms with van der Waals surface area (Å²) in [6, 6.07) is 1.67. The molecule has 0 aliphatic heterocycles. The number of nitrogens with zero attached hydrogens (tertiary/aromatic N) is 1. The fraction of sp³-hybridized carbons (Fsp3) is 1.00. The first-order chi connectivity index (χ1) is 8.85. The summed E-state index contributed by atoms with van der Waals surface area (Å²) in [7, 11) is 2.16. The molecule has 2 aliphatic rings. The van der Waals surface area contributed by atoms with E-state index in [1.54, 1.807) is 0 Å². The van der Waals surface area contributed by atoms with E-state index in [0.717, 1.165) is 18.0 Å². The molecular formula is C16H32N2. The van der Waals surface area contributed by atoms with Crippen molar-refractivity contribution < 1.29 is 0 Å². The van der Waals surface area contributed by atoms with Crippen LogP contribution in [0.2, 0.25) is 0 Å². The summed E-state index contributed by atoms with van der Waals surface area (Å²) in [5, 5.41) is 3.59. The second kappa shape index (κ2) is 7.49. The Morgan fingerprint density at radius 2 is 1.61 bits per heavy atom. The quantitative estimate of drug-likeness (QED) is 0.754. The highest BCUT2D eigenvalue weighted by Gasteiger charge is 2.28. The van der Waals surface area contributed by atoms with Gasteiger partial charge in [0.25, 0.3) is 0 Å². The number of hydrogen-bond donors (Lipinski definition) is 1. The topological polar surface area (TPSA) is 15.3 Å². The first-order valence-corrected chi connectivity index (χ1v) is 8.26. The van der Waals surface area contributed by atoms with Crippen LogP contribution < -0.4 is 5.32 Å². The average molecular weight is 252 g/mol. The van der Waals surface area contributed by atoms with Crippen LogP contribution in [0.5, 0.6) is 0 Å². The maximum Gasteiger partial charge on any atom is 0.0104 e. The minimum atomic E-state index is 0.767. The van der Waals surface area contributed by atoms with Crippen molar-refractivity contribution in [3.8, 4) is 0 Å². The van der Waals surface area contributed by atoms with Gasteiger partial charge in [0.05, 0.1) is 0 Å². The van der Waals surface area contributed by atoms with Crippen molar-refractivity contribution in [2.24, 2.45) is 5.92 Å². The molecule has 2 fully saturated rings. The standard InChI is InChI=1S/C16H32N2/c1-3-18(15-10-7-8-11-15)13-14-9-5-4-6-12-16(14)17-2/h14-17H,3-13H2,1-2H3. The molecule has 0 spiro atoms. The molecular weight excluding hydrogens is 220 g/mol. The predicted molar refractivity (Wildman–Crippen MR) is 78.9 cm³/mol. The SMILES string of the molecule is CCN(CC1CCCCCC1NC)C1CCCC1. The summed E-state index contributed by atoms with van der Waals surface area (Å²) in [5.41, 5.74) is 0. The normalized spacial score (nSPS) is 30.8. The van der Waals surface area contributed by atoms with Crippen LogP contribution in [-0.2, 0) is 0 Å². The monoisotopic (exact) mass is 252 g/mol. The smallest absolute Gasteiger partial charge is 0.0104 e. The molecule has 2 heteroatoms. The molecule has 106 valence electrons. The number of rotatable bonds is 5. The highest BCUT2D eigenvalue weighted by molar-refractivity contribution is 4.84. The molecule has 2 saturated carbocycles. The van der Waals surface area contributed by atoms with E-state index < -0.39 is 0 Å². The molecule has 1 N–H and O–H groups in total. The van der Waals surface area contributed by atoms with Crippen molar-refractivity contribution in [1.29, 1.82) is 0 Å². The van der Waals surface area contributed by atoms with Gasteiger partial charge in [-0.15, -0.1) is 0 Å². The van der Waals surface area contributed by atoms with Gasteiger partial charge < -0.3 is 10.2 Å². The van der Waals surface area contributed by atoms with Crippen LogP contribution in [0.1, 0.15) is 64.7 Å². The lowest BCUT2D eigenvalue weighted by Crippen LogP contribution is -2.43. The fourth-order valence-electron chi connectivity index (χ4n) is 4.09. The van der Waals surface area contributed by atoms with Crippen molar-refractivity contribution in [2.75, 3.05) is 20.1 Å². The van der Waals surface area contributed by atoms with E-state index in [1.807, 2.05) is 0 Å². The van der Waals surface area contributed by atoms with E-state index in [1.165, 1.54) is 70.9 Å². The minimum absolute atomic E-state index is 0.767. The van der Waals surface area contributed by atoms with Crippen LogP contribution in [0.15, 0.2) is 0 Å². The lowest BCUT2D eigenvalue weighted by atomic mass is 9.93. The van der Waals surface area contributed by atoms with Crippen LogP contribution in [0, 0.1) is 5.92 Å². The Balaban J connectivity index is 1.90. The average Bonchev–Trinajstić information content (AvgIpc) is 2.83. The van der Waals surface area contributed by atoms with Gasteiger partial charge in [-0.25, -0.2) is 0 Å². The first-order valence-electron chi connectivity index (χ1n) is 8.26. The van der Waals surface area contributed by atoms with Crippen molar-refractivity contribution in [1.82, 2.24) is 10.2 Å². The zero-order chi connectivity index (χ0) is 12.8. The Kier molecular flexibility index (Phi) is 5.97. The summed E-state index contributed by atoms with van der Waals surface area (Å²) in [5.74, 6) is 0.887. The van der Waals surface area contributed by atoms with Crippen LogP contribution in [0.4, 0.5) is 0 Å². The lowest BCUT2D eigenvalue weighted by Gasteiger charge is -2.34. The van der Waals surface area contributed by atoms with Gasteiger partial charge in [0.2, 0.25) is 0 Å². The Labute approximate surface area is 114 Å². The van der Waals surface area contributed by atoms with Crippen LogP contribution in [0.25, 0.3) is 0 Å². The van der Waals surface area contributed by atoms with Crippen LogP contribution in [0.3, 0.4) is 0 Å². The molecule has 2 atom stereocenters. The molecule has 0 amide bonds. The Morgan fingerprint density at radius 1 is 0.944 bits per heavy atom. The zero-order valence-corrected chi connectivity index (χ0v) is 12.5. The predicted octanol–water partition coefficient (Wildman–Crippen LogP) is 3.42. The molecule has 2 rings (SSSR count). The molecule has 2 aliphatic carbocycles. The highest BCUT2D eigenvalue weighted by atomic mass is 15.2. The van der Waals surface area contributed by atoms with Crippen molar-refractivity contribution in [3.63, 3.8) is 0 Å². The van der Waals surface area contributed by atoms with E-state index in [2.05, 4.69) is 24.2 Å². The van der Waals surface area contributed by atoms with Crippen LogP contribution >= 0.6 is 0 Å². The van der Waals surface area contributed by atoms with Crippen molar-refractivity contribution in [3.05, 3.63) is 0 Å². The maximum absolute atomic E-state index is 3.59. The van der Waals surface area contributed by atoms with Gasteiger partial charge in [-0.3, -0.25) is 0 Å². The summed E-state index contributed by atoms with van der Waals surface area (Å²) in [6.07, 6.45) is 13.0. The lowest BCUT2D eigenvalue weighted by molar-refractivity contribution is 0.154. The molecule has 18 heavy (non-hydrogen) atoms. The summed E-state index contributed by atoms with van der Waals surface area (Å²) in [4.78, 5) is 2.79. The van der Waals surface area contributed by atoms with Crippen molar-refractivity contribution >= 4 is 0 Å². The molecule has 2 unspecified atom stereocenters. The zero-order valence-electron chi connectivity index (χ0n) is 12.5. The molecule has 0 radical (unpaired) electrons. The van der Waals surface area contributed by atoms with E-state index in [-0.39, 0.29) is 0 Å². The summed E-state index contributed by atoms with van der Waals surface area (Å²) in [6.45, 7) is 4.94. The summed E-state index contributed by atoms with van der Waals surface area (Å²) >= 11 is 0. The van der Waals surface area contributed by atoms with E-state index in [4.69, 9.17) is 0 Å². The molecule has 0 aromatic carbocycles. The second-order valence-electron chi connectivity index (χ2n) is 6.32. The van der Waals surface area contributed by atoms with E-state index in [0.29, 0.717) is 0 Å². The minimum Gasteiger partial charge on any atom is -0.317 e.